The molecule has 90 valence electrons. The molecule has 0 bridgehead atoms. The molecule has 1 aliphatic heterocycles. The van der Waals surface area contributed by atoms with E-state index in [0.29, 0.717) is 21.3 Å². The molecule has 0 aromatic heterocycles. The van der Waals surface area contributed by atoms with Crippen molar-refractivity contribution in [3.8, 4) is 0 Å². The van der Waals surface area contributed by atoms with E-state index in [-0.39, 0.29) is 24.7 Å². The lowest BCUT2D eigenvalue weighted by Crippen LogP contribution is -2.33. The Balaban J connectivity index is 2.33. The summed E-state index contributed by atoms with van der Waals surface area (Å²) in [5, 5.41) is 3.77. The van der Waals surface area contributed by atoms with Crippen LogP contribution in [-0.2, 0) is 4.79 Å². The summed E-state index contributed by atoms with van der Waals surface area (Å²) in [5.41, 5.74) is 6.20. The Bertz CT molecular complexity index is 502. The number of anilines is 1. The zero-order valence-corrected chi connectivity index (χ0v) is 10.3. The van der Waals surface area contributed by atoms with Gasteiger partial charge in [0.25, 0.3) is 0 Å². The van der Waals surface area contributed by atoms with Crippen LogP contribution in [0.15, 0.2) is 12.1 Å². The van der Waals surface area contributed by atoms with Crippen LogP contribution in [0.3, 0.4) is 0 Å². The fraction of sp³-hybridized carbons (Fsp3) is 0.273. The van der Waals surface area contributed by atoms with E-state index in [1.807, 2.05) is 0 Å². The van der Waals surface area contributed by atoms with Crippen LogP contribution in [0.1, 0.15) is 23.2 Å². The second kappa shape index (κ2) is 4.55. The quantitative estimate of drug-likeness (QED) is 0.867. The first-order chi connectivity index (χ1) is 7.97. The molecule has 3 N–H and O–H groups in total. The lowest BCUT2D eigenvalue weighted by atomic mass is 9.95. The molecule has 1 atom stereocenters. The molecule has 0 fully saturated rings. The van der Waals surface area contributed by atoms with Crippen molar-refractivity contribution >= 4 is 40.6 Å². The van der Waals surface area contributed by atoms with E-state index in [1.165, 1.54) is 6.07 Å². The molecule has 6 heteroatoms. The summed E-state index contributed by atoms with van der Waals surface area (Å²) in [7, 11) is 0. The summed E-state index contributed by atoms with van der Waals surface area (Å²) in [6, 6.07) is 2.85. The predicted octanol–water partition coefficient (Wildman–Crippen LogP) is 2.24. The van der Waals surface area contributed by atoms with Crippen LogP contribution >= 0.6 is 23.2 Å². The fourth-order valence-corrected chi connectivity index (χ4v) is 2.20. The van der Waals surface area contributed by atoms with E-state index < -0.39 is 5.91 Å². The number of primary amides is 1. The van der Waals surface area contributed by atoms with E-state index in [0.717, 1.165) is 0 Å². The molecule has 0 saturated heterocycles. The molecule has 0 spiro atoms. The lowest BCUT2D eigenvalue weighted by molar-refractivity contribution is -0.118. The number of hydrogen-bond acceptors (Lipinski definition) is 3. The maximum atomic E-state index is 11.8. The predicted molar refractivity (Wildman–Crippen MR) is 66.6 cm³/mol. The highest BCUT2D eigenvalue weighted by Gasteiger charge is 2.26. The van der Waals surface area contributed by atoms with Crippen LogP contribution in [0.25, 0.3) is 0 Å². The second-order valence-corrected chi connectivity index (χ2v) is 4.77. The Morgan fingerprint density at radius 2 is 2.06 bits per heavy atom. The van der Waals surface area contributed by atoms with Crippen molar-refractivity contribution in [3.63, 3.8) is 0 Å². The zero-order valence-electron chi connectivity index (χ0n) is 8.80. The van der Waals surface area contributed by atoms with Gasteiger partial charge in [0.05, 0.1) is 10.0 Å². The number of hydrogen-bond donors (Lipinski definition) is 2. The van der Waals surface area contributed by atoms with Gasteiger partial charge in [-0.3, -0.25) is 9.59 Å². The largest absolute Gasteiger partial charge is 0.381 e. The number of ketones is 1. The van der Waals surface area contributed by atoms with E-state index in [1.54, 1.807) is 6.07 Å². The first kappa shape index (κ1) is 12.2. The number of nitrogens with two attached hydrogens (primary N) is 1. The Kier molecular flexibility index (Phi) is 3.26. The first-order valence-corrected chi connectivity index (χ1v) is 5.80. The fourth-order valence-electron chi connectivity index (χ4n) is 1.87. The van der Waals surface area contributed by atoms with E-state index in [2.05, 4.69) is 5.32 Å². The van der Waals surface area contributed by atoms with Crippen LogP contribution in [0.5, 0.6) is 0 Å². The van der Waals surface area contributed by atoms with Gasteiger partial charge in [-0.1, -0.05) is 23.2 Å². The SMILES string of the molecule is NC(=O)C[C@@H]1CC(=O)c2cc(Cl)c(Cl)cc2N1. The molecule has 0 radical (unpaired) electrons. The molecule has 0 unspecified atom stereocenters. The van der Waals surface area contributed by atoms with E-state index in [9.17, 15) is 9.59 Å². The molecule has 2 rings (SSSR count). The number of carbonyl (C=O) groups excluding carboxylic acids is 2. The summed E-state index contributed by atoms with van der Waals surface area (Å²) in [5.74, 6) is -0.512. The molecule has 1 amide bonds. The normalized spacial score (nSPS) is 18.5. The minimum absolute atomic E-state index is 0.0661. The molecule has 1 aromatic rings. The first-order valence-electron chi connectivity index (χ1n) is 5.04. The average molecular weight is 273 g/mol. The zero-order chi connectivity index (χ0) is 12.6. The minimum atomic E-state index is -0.446. The van der Waals surface area contributed by atoms with Crippen LogP contribution in [0.4, 0.5) is 5.69 Å². The van der Waals surface area contributed by atoms with E-state index >= 15 is 0 Å². The third-order valence-electron chi connectivity index (χ3n) is 2.60. The van der Waals surface area contributed by atoms with Crippen LogP contribution in [-0.4, -0.2) is 17.7 Å². The van der Waals surface area contributed by atoms with Crippen molar-refractivity contribution in [1.82, 2.24) is 0 Å². The summed E-state index contributed by atoms with van der Waals surface area (Å²) < 4.78 is 0. The molecule has 4 nitrogen and oxygen atoms in total. The van der Waals surface area contributed by atoms with Gasteiger partial charge in [0.15, 0.2) is 5.78 Å². The topological polar surface area (TPSA) is 72.2 Å². The highest BCUT2D eigenvalue weighted by Crippen LogP contribution is 2.33. The number of amides is 1. The van der Waals surface area contributed by atoms with E-state index in [4.69, 9.17) is 28.9 Å². The molecule has 17 heavy (non-hydrogen) atoms. The summed E-state index contributed by atoms with van der Waals surface area (Å²) in [6.45, 7) is 0. The molecule has 1 aliphatic rings. The number of rotatable bonds is 2. The standard InChI is InChI=1S/C11H10Cl2N2O2/c12-7-3-6-9(4-8(7)13)15-5(1-10(6)16)2-11(14)17/h3-5,15H,1-2H2,(H2,14,17)/t5-/m0/s1. The van der Waals surface area contributed by atoms with Gasteiger partial charge in [0.1, 0.15) is 0 Å². The van der Waals surface area contributed by atoms with Crippen molar-refractivity contribution in [2.24, 2.45) is 5.73 Å². The van der Waals surface area contributed by atoms with Gasteiger partial charge in [-0.25, -0.2) is 0 Å². The smallest absolute Gasteiger partial charge is 0.219 e. The Morgan fingerprint density at radius 3 is 2.71 bits per heavy atom. The maximum absolute atomic E-state index is 11.8. The Labute approximate surface area is 108 Å². The highest BCUT2D eigenvalue weighted by molar-refractivity contribution is 6.42. The molecular formula is C11H10Cl2N2O2. The molecular weight excluding hydrogens is 263 g/mol. The number of Topliss-reactive ketones (excluding diaryl/α,β-unsaturated/α-hetero) is 1. The molecule has 1 aromatic carbocycles. The summed E-state index contributed by atoms with van der Waals surface area (Å²) >= 11 is 11.7. The maximum Gasteiger partial charge on any atom is 0.219 e. The number of halogens is 2. The van der Waals surface area contributed by atoms with Gasteiger partial charge in [-0.05, 0) is 12.1 Å². The molecule has 0 saturated carbocycles. The average Bonchev–Trinajstić information content (AvgIpc) is 2.20. The van der Waals surface area contributed by atoms with Gasteiger partial charge >= 0.3 is 0 Å². The van der Waals surface area contributed by atoms with Gasteiger partial charge < -0.3 is 11.1 Å². The van der Waals surface area contributed by atoms with Crippen LogP contribution in [0, 0.1) is 0 Å². The lowest BCUT2D eigenvalue weighted by Gasteiger charge is -2.25. The van der Waals surface area contributed by atoms with Gasteiger partial charge in [-0.15, -0.1) is 0 Å². The highest BCUT2D eigenvalue weighted by atomic mass is 35.5. The van der Waals surface area contributed by atoms with Crippen molar-refractivity contribution in [2.45, 2.75) is 18.9 Å². The Hall–Kier alpha value is -1.26. The van der Waals surface area contributed by atoms with Gasteiger partial charge in [-0.2, -0.15) is 0 Å². The summed E-state index contributed by atoms with van der Waals surface area (Å²) in [4.78, 5) is 22.7. The number of carbonyl (C=O) groups is 2. The number of fused-ring (bicyclic) bond motifs is 1. The second-order valence-electron chi connectivity index (χ2n) is 3.95. The van der Waals surface area contributed by atoms with Crippen LogP contribution in [0.2, 0.25) is 10.0 Å². The third-order valence-corrected chi connectivity index (χ3v) is 3.32. The van der Waals surface area contributed by atoms with Crippen molar-refractivity contribution in [3.05, 3.63) is 27.7 Å². The van der Waals surface area contributed by atoms with Gasteiger partial charge in [0.2, 0.25) is 5.91 Å². The number of nitrogens with one attached hydrogen (secondary N) is 1. The van der Waals surface area contributed by atoms with Crippen LogP contribution < -0.4 is 11.1 Å². The van der Waals surface area contributed by atoms with Crippen molar-refractivity contribution in [1.29, 1.82) is 0 Å². The van der Waals surface area contributed by atoms with Crippen molar-refractivity contribution in [2.75, 3.05) is 5.32 Å². The minimum Gasteiger partial charge on any atom is -0.381 e. The molecule has 1 heterocycles. The molecule has 0 aliphatic carbocycles. The Morgan fingerprint density at radius 1 is 1.41 bits per heavy atom. The number of benzene rings is 1. The van der Waals surface area contributed by atoms with Gasteiger partial charge in [0, 0.05) is 30.1 Å². The third kappa shape index (κ3) is 2.53. The van der Waals surface area contributed by atoms with Crippen molar-refractivity contribution < 1.29 is 9.59 Å². The monoisotopic (exact) mass is 272 g/mol. The summed E-state index contributed by atoms with van der Waals surface area (Å²) in [6.07, 6.45) is 0.347.